The molecule has 4 aliphatic rings. The SMILES string of the molecule is COC(=O)C(C=O)CC1CCC2C3C(CCC12C)C1(C)CCCCC1CC3(F)F. The average Bonchev–Trinajstić information content (AvgIpc) is 3.01. The monoisotopic (exact) mass is 410 g/mol. The van der Waals surface area contributed by atoms with E-state index in [4.69, 9.17) is 4.74 Å². The molecule has 0 aromatic rings. The minimum Gasteiger partial charge on any atom is -0.468 e. The number of aldehydes is 1. The Morgan fingerprint density at radius 1 is 1.07 bits per heavy atom. The molecule has 8 atom stereocenters. The molecule has 0 aromatic heterocycles. The lowest BCUT2D eigenvalue weighted by atomic mass is 9.44. The molecule has 29 heavy (non-hydrogen) atoms. The molecule has 0 radical (unpaired) electrons. The molecule has 3 nitrogen and oxygen atoms in total. The Balaban J connectivity index is 1.61. The van der Waals surface area contributed by atoms with Crippen molar-refractivity contribution in [3.05, 3.63) is 0 Å². The van der Waals surface area contributed by atoms with Crippen LogP contribution in [0.25, 0.3) is 0 Å². The summed E-state index contributed by atoms with van der Waals surface area (Å²) in [5, 5.41) is 0. The summed E-state index contributed by atoms with van der Waals surface area (Å²) in [6.45, 7) is 4.47. The molecule has 0 heterocycles. The highest BCUT2D eigenvalue weighted by Crippen LogP contribution is 2.70. The van der Waals surface area contributed by atoms with Gasteiger partial charge in [0.2, 0.25) is 0 Å². The number of hydrogen-bond acceptors (Lipinski definition) is 3. The van der Waals surface area contributed by atoms with Gasteiger partial charge in [0.15, 0.2) is 0 Å². The Kier molecular flexibility index (Phi) is 5.35. The highest BCUT2D eigenvalue weighted by molar-refractivity contribution is 5.87. The number of fused-ring (bicyclic) bond motifs is 5. The second-order valence-electron chi connectivity index (χ2n) is 11.0. The Morgan fingerprint density at radius 2 is 1.79 bits per heavy atom. The van der Waals surface area contributed by atoms with E-state index < -0.39 is 23.7 Å². The van der Waals surface area contributed by atoms with E-state index in [2.05, 4.69) is 13.8 Å². The molecule has 8 unspecified atom stereocenters. The summed E-state index contributed by atoms with van der Waals surface area (Å²) >= 11 is 0. The predicted octanol–water partition coefficient (Wildman–Crippen LogP) is 5.66. The normalized spacial score (nSPS) is 46.7. The zero-order valence-electron chi connectivity index (χ0n) is 18.1. The predicted molar refractivity (Wildman–Crippen MR) is 106 cm³/mol. The van der Waals surface area contributed by atoms with Crippen molar-refractivity contribution < 1.29 is 23.1 Å². The molecule has 4 saturated carbocycles. The van der Waals surface area contributed by atoms with Gasteiger partial charge >= 0.3 is 5.97 Å². The summed E-state index contributed by atoms with van der Waals surface area (Å²) in [7, 11) is 1.30. The van der Waals surface area contributed by atoms with Crippen LogP contribution in [0.3, 0.4) is 0 Å². The number of ether oxygens (including phenoxy) is 1. The van der Waals surface area contributed by atoms with E-state index in [1.807, 2.05) is 0 Å². The van der Waals surface area contributed by atoms with Gasteiger partial charge in [-0.15, -0.1) is 0 Å². The van der Waals surface area contributed by atoms with Crippen molar-refractivity contribution in [1.29, 1.82) is 0 Å². The van der Waals surface area contributed by atoms with Gasteiger partial charge in [0, 0.05) is 12.3 Å². The zero-order valence-corrected chi connectivity index (χ0v) is 18.1. The first kappa shape index (κ1) is 21.2. The Hall–Kier alpha value is -1.00. The van der Waals surface area contributed by atoms with Crippen molar-refractivity contribution >= 4 is 12.3 Å². The molecular weight excluding hydrogens is 374 g/mol. The molecule has 4 rings (SSSR count). The minimum atomic E-state index is -2.60. The maximum absolute atomic E-state index is 15.6. The highest BCUT2D eigenvalue weighted by atomic mass is 19.3. The Labute approximate surface area is 173 Å². The number of carbonyl (C=O) groups excluding carboxylic acids is 2. The number of alkyl halides is 2. The lowest BCUT2D eigenvalue weighted by molar-refractivity contribution is -0.232. The van der Waals surface area contributed by atoms with Gasteiger partial charge in [-0.05, 0) is 79.4 Å². The maximum atomic E-state index is 15.6. The molecule has 0 aliphatic heterocycles. The fourth-order valence-corrected chi connectivity index (χ4v) is 8.35. The van der Waals surface area contributed by atoms with Crippen LogP contribution in [0.4, 0.5) is 8.78 Å². The molecular formula is C24H36F2O3. The van der Waals surface area contributed by atoms with E-state index in [-0.39, 0.29) is 40.9 Å². The van der Waals surface area contributed by atoms with Crippen LogP contribution in [0.15, 0.2) is 0 Å². The van der Waals surface area contributed by atoms with E-state index >= 15 is 8.78 Å². The van der Waals surface area contributed by atoms with Crippen molar-refractivity contribution in [1.82, 2.24) is 0 Å². The minimum absolute atomic E-state index is 0.00843. The van der Waals surface area contributed by atoms with E-state index in [1.54, 1.807) is 0 Å². The fraction of sp³-hybridized carbons (Fsp3) is 0.917. The molecule has 0 spiro atoms. The fourth-order valence-electron chi connectivity index (χ4n) is 8.35. The highest BCUT2D eigenvalue weighted by Gasteiger charge is 2.67. The standard InChI is InChI=1S/C24H36F2O3/c1-22-10-5-4-6-17(22)13-24(25,26)20-18-8-7-16(12-15(14-27)21(28)29-3)23(18,2)11-9-19(20)22/h14-20H,4-13H2,1-3H3. The molecule has 5 heteroatoms. The lowest BCUT2D eigenvalue weighted by Gasteiger charge is -2.62. The maximum Gasteiger partial charge on any atom is 0.315 e. The molecule has 0 aromatic carbocycles. The van der Waals surface area contributed by atoms with Crippen molar-refractivity contribution in [2.24, 2.45) is 46.3 Å². The van der Waals surface area contributed by atoms with Gasteiger partial charge in [0.1, 0.15) is 12.2 Å². The third-order valence-electron chi connectivity index (χ3n) is 9.98. The molecule has 164 valence electrons. The van der Waals surface area contributed by atoms with Gasteiger partial charge in [0.05, 0.1) is 7.11 Å². The molecule has 0 N–H and O–H groups in total. The number of esters is 1. The molecule has 0 saturated heterocycles. The van der Waals surface area contributed by atoms with Gasteiger partial charge < -0.3 is 9.53 Å². The third kappa shape index (κ3) is 3.17. The Morgan fingerprint density at radius 3 is 2.48 bits per heavy atom. The first-order valence-electron chi connectivity index (χ1n) is 11.6. The van der Waals surface area contributed by atoms with Crippen LogP contribution in [0, 0.1) is 46.3 Å². The Bertz CT molecular complexity index is 665. The summed E-state index contributed by atoms with van der Waals surface area (Å²) in [5.41, 5.74) is -0.154. The zero-order chi connectivity index (χ0) is 21.0. The number of carbonyl (C=O) groups is 2. The van der Waals surface area contributed by atoms with Gasteiger partial charge in [-0.1, -0.05) is 26.7 Å². The number of rotatable bonds is 4. The smallest absolute Gasteiger partial charge is 0.315 e. The average molecular weight is 411 g/mol. The molecule has 4 aliphatic carbocycles. The third-order valence-corrected chi connectivity index (χ3v) is 9.98. The van der Waals surface area contributed by atoms with E-state index in [1.165, 1.54) is 13.5 Å². The van der Waals surface area contributed by atoms with Gasteiger partial charge in [-0.3, -0.25) is 4.79 Å². The molecule has 0 amide bonds. The first-order valence-corrected chi connectivity index (χ1v) is 11.6. The number of halogens is 2. The number of methoxy groups -OCH3 is 1. The van der Waals surface area contributed by atoms with Crippen molar-refractivity contribution in [2.75, 3.05) is 7.11 Å². The second kappa shape index (κ2) is 7.30. The van der Waals surface area contributed by atoms with E-state index in [0.29, 0.717) is 12.7 Å². The van der Waals surface area contributed by atoms with Crippen LogP contribution in [0.1, 0.15) is 78.1 Å². The summed E-state index contributed by atoms with van der Waals surface area (Å²) in [4.78, 5) is 23.4. The van der Waals surface area contributed by atoms with Crippen molar-refractivity contribution in [3.63, 3.8) is 0 Å². The van der Waals surface area contributed by atoms with E-state index in [9.17, 15) is 9.59 Å². The summed E-state index contributed by atoms with van der Waals surface area (Å²) in [6.07, 6.45) is 8.92. The van der Waals surface area contributed by atoms with Gasteiger partial charge in [0.25, 0.3) is 5.92 Å². The van der Waals surface area contributed by atoms with Crippen molar-refractivity contribution in [3.8, 4) is 0 Å². The quantitative estimate of drug-likeness (QED) is 0.341. The summed E-state index contributed by atoms with van der Waals surface area (Å²) in [6, 6.07) is 0. The van der Waals surface area contributed by atoms with Crippen LogP contribution in [-0.4, -0.2) is 25.3 Å². The summed E-state index contributed by atoms with van der Waals surface area (Å²) in [5.74, 6) is -4.02. The van der Waals surface area contributed by atoms with Gasteiger partial charge in [-0.25, -0.2) is 8.78 Å². The number of hydrogen-bond donors (Lipinski definition) is 0. The van der Waals surface area contributed by atoms with Gasteiger partial charge in [-0.2, -0.15) is 0 Å². The lowest BCUT2D eigenvalue weighted by Crippen LogP contribution is -2.60. The molecule has 4 fully saturated rings. The largest absolute Gasteiger partial charge is 0.468 e. The molecule has 0 bridgehead atoms. The first-order chi connectivity index (χ1) is 13.7. The van der Waals surface area contributed by atoms with Crippen LogP contribution >= 0.6 is 0 Å². The van der Waals surface area contributed by atoms with Crippen LogP contribution in [0.2, 0.25) is 0 Å². The topological polar surface area (TPSA) is 43.4 Å². The van der Waals surface area contributed by atoms with E-state index in [0.717, 1.165) is 44.9 Å². The van der Waals surface area contributed by atoms with Crippen molar-refractivity contribution in [2.45, 2.75) is 84.0 Å². The van der Waals surface area contributed by atoms with Crippen LogP contribution in [-0.2, 0) is 14.3 Å². The van der Waals surface area contributed by atoms with Crippen LogP contribution < -0.4 is 0 Å². The second-order valence-corrected chi connectivity index (χ2v) is 11.0. The van der Waals surface area contributed by atoms with Crippen LogP contribution in [0.5, 0.6) is 0 Å². The summed E-state index contributed by atoms with van der Waals surface area (Å²) < 4.78 is 36.0.